The van der Waals surface area contributed by atoms with Gasteiger partial charge in [-0.25, -0.2) is 9.79 Å². The fourth-order valence-corrected chi connectivity index (χ4v) is 6.60. The third-order valence-electron chi connectivity index (χ3n) is 7.57. The number of benzene rings is 3. The van der Waals surface area contributed by atoms with Gasteiger partial charge in [0.15, 0.2) is 4.80 Å². The van der Waals surface area contributed by atoms with E-state index < -0.39 is 12.0 Å². The summed E-state index contributed by atoms with van der Waals surface area (Å²) in [5, 5.41) is 10.2. The molecule has 0 unspecified atom stereocenters. The van der Waals surface area contributed by atoms with Crippen LogP contribution >= 0.6 is 11.3 Å². The number of esters is 1. The summed E-state index contributed by atoms with van der Waals surface area (Å²) in [5.41, 5.74) is 5.01. The number of carbonyl (C=O) groups excluding carboxylic acids is 1. The van der Waals surface area contributed by atoms with Gasteiger partial charge in [0, 0.05) is 29.2 Å². The fourth-order valence-electron chi connectivity index (χ4n) is 5.56. The van der Waals surface area contributed by atoms with Crippen LogP contribution in [0.1, 0.15) is 49.1 Å². The minimum Gasteiger partial charge on any atom is -0.494 e. The van der Waals surface area contributed by atoms with Gasteiger partial charge < -0.3 is 14.0 Å². The van der Waals surface area contributed by atoms with Gasteiger partial charge in [0.05, 0.1) is 46.7 Å². The number of nitrogens with zero attached hydrogens (tertiary/aromatic N) is 4. The van der Waals surface area contributed by atoms with Gasteiger partial charge in [-0.3, -0.25) is 9.36 Å². The SMILES string of the molecule is CCOC(=O)C1=C(C)N=c2s/c(=C\c3cn(Cc4ccc(C#N)cc4)c4ccccc34)c(=O)n2[C@H]1c1ccc(OCC)cc1. The van der Waals surface area contributed by atoms with E-state index in [9.17, 15) is 9.59 Å². The number of hydrogen-bond donors (Lipinski definition) is 0. The van der Waals surface area contributed by atoms with E-state index in [2.05, 4.69) is 16.7 Å². The molecule has 0 saturated carbocycles. The van der Waals surface area contributed by atoms with Crippen molar-refractivity contribution in [3.05, 3.63) is 132 Å². The zero-order chi connectivity index (χ0) is 30.8. The largest absolute Gasteiger partial charge is 0.494 e. The number of hydrogen-bond acceptors (Lipinski definition) is 7. The van der Waals surface area contributed by atoms with Gasteiger partial charge in [-0.05, 0) is 68.3 Å². The summed E-state index contributed by atoms with van der Waals surface area (Å²) in [5.74, 6) is 0.215. The molecule has 0 spiro atoms. The molecular formula is C35H30N4O4S. The van der Waals surface area contributed by atoms with Gasteiger partial charge in [0.25, 0.3) is 5.56 Å². The monoisotopic (exact) mass is 602 g/mol. The Morgan fingerprint density at radius 2 is 1.80 bits per heavy atom. The van der Waals surface area contributed by atoms with Gasteiger partial charge >= 0.3 is 5.97 Å². The van der Waals surface area contributed by atoms with Crippen LogP contribution in [0.4, 0.5) is 0 Å². The summed E-state index contributed by atoms with van der Waals surface area (Å²) in [6.07, 6.45) is 3.94. The molecule has 0 fully saturated rings. The molecule has 1 aliphatic rings. The molecule has 3 aromatic carbocycles. The number of para-hydroxylation sites is 1. The lowest BCUT2D eigenvalue weighted by Crippen LogP contribution is -2.39. The van der Waals surface area contributed by atoms with Crippen molar-refractivity contribution >= 4 is 34.3 Å². The molecule has 0 radical (unpaired) electrons. The number of nitriles is 1. The molecule has 1 atom stereocenters. The topological polar surface area (TPSA) is 98.6 Å². The standard InChI is InChI=1S/C35H30N4O4S/c1-4-42-27-16-14-25(15-17-27)32-31(34(41)43-5-2)22(3)37-35-39(32)33(40)30(44-35)18-26-21-38(29-9-7-6-8-28(26)29)20-24-12-10-23(19-36)11-13-24/h6-18,21,32H,4-5,20H2,1-3H3/b30-18-/t32-/m0/s1. The summed E-state index contributed by atoms with van der Waals surface area (Å²) in [7, 11) is 0. The highest BCUT2D eigenvalue weighted by atomic mass is 32.1. The second-order valence-corrected chi connectivity index (χ2v) is 11.4. The molecule has 0 aliphatic carbocycles. The zero-order valence-electron chi connectivity index (χ0n) is 24.6. The molecular weight excluding hydrogens is 572 g/mol. The molecule has 5 aromatic rings. The Bertz CT molecular complexity index is 2130. The molecule has 9 heteroatoms. The molecule has 0 amide bonds. The third-order valence-corrected chi connectivity index (χ3v) is 8.55. The van der Waals surface area contributed by atoms with Crippen LogP contribution in [0.3, 0.4) is 0 Å². The predicted molar refractivity (Wildman–Crippen MR) is 170 cm³/mol. The predicted octanol–water partition coefficient (Wildman–Crippen LogP) is 5.07. The first-order valence-corrected chi connectivity index (χ1v) is 15.2. The summed E-state index contributed by atoms with van der Waals surface area (Å²) in [6, 6.07) is 24.5. The van der Waals surface area contributed by atoms with Crippen LogP contribution in [-0.2, 0) is 16.1 Å². The highest BCUT2D eigenvalue weighted by Gasteiger charge is 2.33. The lowest BCUT2D eigenvalue weighted by Gasteiger charge is -2.24. The zero-order valence-corrected chi connectivity index (χ0v) is 25.4. The Hall–Kier alpha value is -5.20. The quantitative estimate of drug-likeness (QED) is 0.231. The first kappa shape index (κ1) is 28.9. The van der Waals surface area contributed by atoms with Gasteiger partial charge in [-0.2, -0.15) is 5.26 Å². The molecule has 2 aromatic heterocycles. The Kier molecular flexibility index (Phi) is 8.01. The van der Waals surface area contributed by atoms with E-state index in [0.29, 0.717) is 45.1 Å². The molecule has 3 heterocycles. The summed E-state index contributed by atoms with van der Waals surface area (Å²) in [6.45, 7) is 6.81. The smallest absolute Gasteiger partial charge is 0.338 e. The Balaban J connectivity index is 1.48. The maximum absolute atomic E-state index is 14.1. The van der Waals surface area contributed by atoms with Crippen LogP contribution in [0.2, 0.25) is 0 Å². The van der Waals surface area contributed by atoms with Crippen LogP contribution in [0, 0.1) is 11.3 Å². The number of rotatable bonds is 8. The van der Waals surface area contributed by atoms with Crippen molar-refractivity contribution in [1.29, 1.82) is 5.26 Å². The minimum absolute atomic E-state index is 0.211. The van der Waals surface area contributed by atoms with Crippen molar-refractivity contribution < 1.29 is 14.3 Å². The number of thiazole rings is 1. The van der Waals surface area contributed by atoms with E-state index in [1.807, 2.05) is 85.9 Å². The van der Waals surface area contributed by atoms with Crippen molar-refractivity contribution in [3.63, 3.8) is 0 Å². The normalized spacial score (nSPS) is 14.7. The van der Waals surface area contributed by atoms with E-state index in [1.165, 1.54) is 11.3 Å². The average molecular weight is 603 g/mol. The number of carbonyl (C=O) groups is 1. The maximum Gasteiger partial charge on any atom is 0.338 e. The first-order chi connectivity index (χ1) is 21.4. The van der Waals surface area contributed by atoms with Crippen LogP contribution in [0.5, 0.6) is 5.75 Å². The fraction of sp³-hybridized carbons (Fsp3) is 0.200. The van der Waals surface area contributed by atoms with Crippen molar-refractivity contribution in [3.8, 4) is 11.8 Å². The average Bonchev–Trinajstić information content (AvgIpc) is 3.53. The maximum atomic E-state index is 14.1. The lowest BCUT2D eigenvalue weighted by atomic mass is 9.96. The van der Waals surface area contributed by atoms with Crippen LogP contribution in [0.25, 0.3) is 17.0 Å². The molecule has 8 nitrogen and oxygen atoms in total. The number of fused-ring (bicyclic) bond motifs is 2. The van der Waals surface area contributed by atoms with Gasteiger partial charge in [-0.1, -0.05) is 53.8 Å². The number of allylic oxidation sites excluding steroid dienone is 1. The van der Waals surface area contributed by atoms with Gasteiger partial charge in [-0.15, -0.1) is 0 Å². The number of aromatic nitrogens is 2. The third kappa shape index (κ3) is 5.36. The second-order valence-electron chi connectivity index (χ2n) is 10.3. The first-order valence-electron chi connectivity index (χ1n) is 14.4. The van der Waals surface area contributed by atoms with E-state index in [4.69, 9.17) is 19.7 Å². The van der Waals surface area contributed by atoms with E-state index in [-0.39, 0.29) is 12.2 Å². The molecule has 0 N–H and O–H groups in total. The highest BCUT2D eigenvalue weighted by Crippen LogP contribution is 2.32. The second kappa shape index (κ2) is 12.2. The highest BCUT2D eigenvalue weighted by molar-refractivity contribution is 7.07. The van der Waals surface area contributed by atoms with Crippen LogP contribution in [0.15, 0.2) is 100 Å². The van der Waals surface area contributed by atoms with Crippen LogP contribution in [-0.4, -0.2) is 28.3 Å². The van der Waals surface area contributed by atoms with Crippen molar-refractivity contribution in [2.45, 2.75) is 33.4 Å². The molecule has 6 rings (SSSR count). The summed E-state index contributed by atoms with van der Waals surface area (Å²) in [4.78, 5) is 32.6. The molecule has 44 heavy (non-hydrogen) atoms. The van der Waals surface area contributed by atoms with Crippen LogP contribution < -0.4 is 19.6 Å². The minimum atomic E-state index is -0.694. The van der Waals surface area contributed by atoms with Gasteiger partial charge in [0.1, 0.15) is 5.75 Å². The lowest BCUT2D eigenvalue weighted by molar-refractivity contribution is -0.139. The van der Waals surface area contributed by atoms with Crippen molar-refractivity contribution in [1.82, 2.24) is 9.13 Å². The number of ether oxygens (including phenoxy) is 2. The van der Waals surface area contributed by atoms with E-state index in [1.54, 1.807) is 18.4 Å². The van der Waals surface area contributed by atoms with Crippen molar-refractivity contribution in [2.24, 2.45) is 4.99 Å². The Morgan fingerprint density at radius 3 is 2.50 bits per heavy atom. The molecule has 0 bridgehead atoms. The van der Waals surface area contributed by atoms with Crippen molar-refractivity contribution in [2.75, 3.05) is 13.2 Å². The Labute approximate surface area is 258 Å². The molecule has 0 saturated heterocycles. The summed E-state index contributed by atoms with van der Waals surface area (Å²) < 4.78 is 15.3. The summed E-state index contributed by atoms with van der Waals surface area (Å²) >= 11 is 1.30. The van der Waals surface area contributed by atoms with Gasteiger partial charge in [0.2, 0.25) is 0 Å². The molecule has 1 aliphatic heterocycles. The molecule has 220 valence electrons. The van der Waals surface area contributed by atoms with E-state index >= 15 is 0 Å². The van der Waals surface area contributed by atoms with E-state index in [0.717, 1.165) is 27.6 Å². The Morgan fingerprint density at radius 1 is 1.05 bits per heavy atom.